The number of amides is 1. The molecule has 1 atom stereocenters. The van der Waals surface area contributed by atoms with E-state index in [2.05, 4.69) is 21.9 Å². The van der Waals surface area contributed by atoms with Crippen molar-refractivity contribution in [3.63, 3.8) is 0 Å². The molecule has 0 radical (unpaired) electrons. The van der Waals surface area contributed by atoms with Crippen LogP contribution in [-0.2, 0) is 6.42 Å². The number of carbonyl (C=O) groups excluding carboxylic acids is 1. The van der Waals surface area contributed by atoms with Crippen molar-refractivity contribution in [2.24, 2.45) is 5.73 Å². The first-order valence-electron chi connectivity index (χ1n) is 9.79. The normalized spacial score (nSPS) is 20.8. The zero-order chi connectivity index (χ0) is 18.8. The van der Waals surface area contributed by atoms with Crippen molar-refractivity contribution < 1.29 is 4.79 Å². The van der Waals surface area contributed by atoms with Crippen molar-refractivity contribution in [3.8, 4) is 0 Å². The quantitative estimate of drug-likeness (QED) is 0.814. The minimum atomic E-state index is -0.378. The standard InChI is InChI=1S/C22H26ClN3O/c23-20-6-3-5-19-18(20)4-1-2-7-21(19)26-14-12-25(13-15-26)17-10-8-16(9-11-17)22(24)27/h3,5-6,8-11,21H,1-2,4,7,12-15H2,(H2,24,27)/t21-/m1/s1. The molecule has 2 aromatic rings. The molecular weight excluding hydrogens is 358 g/mol. The molecular formula is C22H26ClN3O. The summed E-state index contributed by atoms with van der Waals surface area (Å²) in [6, 6.07) is 14.5. The second-order valence-electron chi connectivity index (χ2n) is 7.50. The van der Waals surface area contributed by atoms with E-state index in [0.29, 0.717) is 11.6 Å². The van der Waals surface area contributed by atoms with Gasteiger partial charge in [0.15, 0.2) is 0 Å². The first-order chi connectivity index (χ1) is 13.1. The van der Waals surface area contributed by atoms with Crippen LogP contribution >= 0.6 is 11.6 Å². The van der Waals surface area contributed by atoms with Gasteiger partial charge in [-0.25, -0.2) is 0 Å². The van der Waals surface area contributed by atoms with E-state index in [1.807, 2.05) is 30.3 Å². The van der Waals surface area contributed by atoms with Gasteiger partial charge in [-0.05, 0) is 60.7 Å². The highest BCUT2D eigenvalue weighted by atomic mass is 35.5. The first-order valence-corrected chi connectivity index (χ1v) is 10.2. The fourth-order valence-corrected chi connectivity index (χ4v) is 4.73. The van der Waals surface area contributed by atoms with Crippen LogP contribution in [0.5, 0.6) is 0 Å². The Morgan fingerprint density at radius 2 is 1.74 bits per heavy atom. The third kappa shape index (κ3) is 3.83. The molecule has 4 rings (SSSR count). The van der Waals surface area contributed by atoms with E-state index in [1.165, 1.54) is 30.4 Å². The van der Waals surface area contributed by atoms with Crippen LogP contribution in [0.2, 0.25) is 5.02 Å². The van der Waals surface area contributed by atoms with E-state index in [-0.39, 0.29) is 5.91 Å². The topological polar surface area (TPSA) is 49.6 Å². The SMILES string of the molecule is NC(=O)c1ccc(N2CCN([C@@H]3CCCCc4c(Cl)cccc43)CC2)cc1. The lowest BCUT2D eigenvalue weighted by molar-refractivity contribution is 0.100. The molecule has 2 N–H and O–H groups in total. The fourth-order valence-electron chi connectivity index (χ4n) is 4.45. The van der Waals surface area contributed by atoms with Gasteiger partial charge in [0.1, 0.15) is 0 Å². The van der Waals surface area contributed by atoms with Gasteiger partial charge in [-0.1, -0.05) is 30.2 Å². The molecule has 2 aliphatic rings. The van der Waals surface area contributed by atoms with Crippen LogP contribution in [0.3, 0.4) is 0 Å². The van der Waals surface area contributed by atoms with Gasteiger partial charge >= 0.3 is 0 Å². The van der Waals surface area contributed by atoms with Crippen molar-refractivity contribution in [3.05, 3.63) is 64.2 Å². The fraction of sp³-hybridized carbons (Fsp3) is 0.409. The predicted octanol–water partition coefficient (Wildman–Crippen LogP) is 4.03. The van der Waals surface area contributed by atoms with Crippen molar-refractivity contribution in [2.75, 3.05) is 31.1 Å². The number of piperazine rings is 1. The Bertz CT molecular complexity index is 813. The van der Waals surface area contributed by atoms with Gasteiger partial charge in [0, 0.05) is 48.5 Å². The first kappa shape index (κ1) is 18.3. The van der Waals surface area contributed by atoms with Gasteiger partial charge in [0.05, 0.1) is 0 Å². The van der Waals surface area contributed by atoms with E-state index in [1.54, 1.807) is 0 Å². The summed E-state index contributed by atoms with van der Waals surface area (Å²) in [5, 5.41) is 0.924. The van der Waals surface area contributed by atoms with Crippen molar-refractivity contribution in [1.29, 1.82) is 0 Å². The Balaban J connectivity index is 1.46. The Labute approximate surface area is 165 Å². The monoisotopic (exact) mass is 383 g/mol. The van der Waals surface area contributed by atoms with Gasteiger partial charge < -0.3 is 10.6 Å². The number of halogens is 1. The molecule has 4 nitrogen and oxygen atoms in total. The molecule has 2 aromatic carbocycles. The summed E-state index contributed by atoms with van der Waals surface area (Å²) in [4.78, 5) is 16.3. The molecule has 0 aromatic heterocycles. The maximum Gasteiger partial charge on any atom is 0.248 e. The van der Waals surface area contributed by atoms with Crippen molar-refractivity contribution in [1.82, 2.24) is 4.90 Å². The van der Waals surface area contributed by atoms with Crippen LogP contribution in [0.4, 0.5) is 5.69 Å². The molecule has 0 bridgehead atoms. The number of nitrogens with two attached hydrogens (primary N) is 1. The number of primary amides is 1. The Morgan fingerprint density at radius 1 is 1.00 bits per heavy atom. The number of anilines is 1. The zero-order valence-electron chi connectivity index (χ0n) is 15.5. The number of hydrogen-bond acceptors (Lipinski definition) is 3. The summed E-state index contributed by atoms with van der Waals surface area (Å²) < 4.78 is 0. The van der Waals surface area contributed by atoms with E-state index >= 15 is 0 Å². The lowest BCUT2D eigenvalue weighted by Gasteiger charge is -2.40. The summed E-state index contributed by atoms with van der Waals surface area (Å²) in [7, 11) is 0. The minimum Gasteiger partial charge on any atom is -0.369 e. The van der Waals surface area contributed by atoms with Crippen molar-refractivity contribution in [2.45, 2.75) is 31.7 Å². The van der Waals surface area contributed by atoms with E-state index in [9.17, 15) is 4.79 Å². The van der Waals surface area contributed by atoms with E-state index < -0.39 is 0 Å². The number of rotatable bonds is 3. The van der Waals surface area contributed by atoms with Gasteiger partial charge in [-0.2, -0.15) is 0 Å². The maximum absolute atomic E-state index is 11.3. The average Bonchev–Trinajstić information content (AvgIpc) is 2.92. The average molecular weight is 384 g/mol. The van der Waals surface area contributed by atoms with E-state index in [4.69, 9.17) is 17.3 Å². The lowest BCUT2D eigenvalue weighted by Crippen LogP contribution is -2.47. The molecule has 142 valence electrons. The summed E-state index contributed by atoms with van der Waals surface area (Å²) >= 11 is 6.50. The maximum atomic E-state index is 11.3. The van der Waals surface area contributed by atoms with Crippen LogP contribution in [0, 0.1) is 0 Å². The summed E-state index contributed by atoms with van der Waals surface area (Å²) in [5.74, 6) is -0.378. The third-order valence-electron chi connectivity index (χ3n) is 5.94. The van der Waals surface area contributed by atoms with Crippen LogP contribution in [0.25, 0.3) is 0 Å². The highest BCUT2D eigenvalue weighted by molar-refractivity contribution is 6.31. The molecule has 1 amide bonds. The van der Waals surface area contributed by atoms with Gasteiger partial charge in [0.2, 0.25) is 5.91 Å². The number of nitrogens with zero attached hydrogens (tertiary/aromatic N) is 2. The third-order valence-corrected chi connectivity index (χ3v) is 6.29. The number of fused-ring (bicyclic) bond motifs is 1. The van der Waals surface area contributed by atoms with E-state index in [0.717, 1.165) is 43.3 Å². The molecule has 27 heavy (non-hydrogen) atoms. The zero-order valence-corrected chi connectivity index (χ0v) is 16.3. The molecule has 1 aliphatic heterocycles. The van der Waals surface area contributed by atoms with Crippen LogP contribution < -0.4 is 10.6 Å². The lowest BCUT2D eigenvalue weighted by atomic mass is 9.97. The molecule has 5 heteroatoms. The van der Waals surface area contributed by atoms with Gasteiger partial charge in [0.25, 0.3) is 0 Å². The molecule has 0 unspecified atom stereocenters. The smallest absolute Gasteiger partial charge is 0.248 e. The molecule has 1 fully saturated rings. The van der Waals surface area contributed by atoms with Crippen molar-refractivity contribution >= 4 is 23.2 Å². The Hall–Kier alpha value is -2.04. The molecule has 0 saturated carbocycles. The highest BCUT2D eigenvalue weighted by Gasteiger charge is 2.28. The van der Waals surface area contributed by atoms with Gasteiger partial charge in [-0.15, -0.1) is 0 Å². The predicted molar refractivity (Wildman–Crippen MR) is 110 cm³/mol. The summed E-state index contributed by atoms with van der Waals surface area (Å²) in [6.07, 6.45) is 4.78. The molecule has 0 spiro atoms. The molecule has 1 heterocycles. The van der Waals surface area contributed by atoms with Gasteiger partial charge in [-0.3, -0.25) is 9.69 Å². The Kier molecular flexibility index (Phi) is 5.37. The number of hydrogen-bond donors (Lipinski definition) is 1. The largest absolute Gasteiger partial charge is 0.369 e. The second-order valence-corrected chi connectivity index (χ2v) is 7.91. The highest BCUT2D eigenvalue weighted by Crippen LogP contribution is 2.37. The summed E-state index contributed by atoms with van der Waals surface area (Å²) in [6.45, 7) is 4.05. The number of benzene rings is 2. The number of carbonyl (C=O) groups is 1. The molecule has 1 aliphatic carbocycles. The Morgan fingerprint density at radius 3 is 2.44 bits per heavy atom. The van der Waals surface area contributed by atoms with Crippen LogP contribution in [0.15, 0.2) is 42.5 Å². The van der Waals surface area contributed by atoms with Crippen LogP contribution in [0.1, 0.15) is 46.8 Å². The minimum absolute atomic E-state index is 0.378. The van der Waals surface area contributed by atoms with Crippen LogP contribution in [-0.4, -0.2) is 37.0 Å². The summed E-state index contributed by atoms with van der Waals surface area (Å²) in [5.41, 5.74) is 9.84. The second kappa shape index (κ2) is 7.91. The molecule has 1 saturated heterocycles.